The zero-order chi connectivity index (χ0) is 27.6. The van der Waals surface area contributed by atoms with Gasteiger partial charge in [0.15, 0.2) is 0 Å². The van der Waals surface area contributed by atoms with Crippen molar-refractivity contribution in [2.75, 3.05) is 18.0 Å². The van der Waals surface area contributed by atoms with Crippen molar-refractivity contribution < 1.29 is 19.2 Å². The van der Waals surface area contributed by atoms with Gasteiger partial charge in [0.05, 0.1) is 17.8 Å². The van der Waals surface area contributed by atoms with Gasteiger partial charge in [0, 0.05) is 49.1 Å². The Bertz CT molecular complexity index is 1570. The van der Waals surface area contributed by atoms with Crippen LogP contribution in [0.3, 0.4) is 0 Å². The lowest BCUT2D eigenvalue weighted by molar-refractivity contribution is -0.147. The number of hydrogen-bond donors (Lipinski definition) is 1. The molecule has 206 valence electrons. The van der Waals surface area contributed by atoms with Gasteiger partial charge in [-0.25, -0.2) is 4.98 Å². The van der Waals surface area contributed by atoms with Crippen molar-refractivity contribution in [3.05, 3.63) is 53.5 Å². The summed E-state index contributed by atoms with van der Waals surface area (Å²) in [5.74, 6) is -0.254. The number of piperidine rings is 2. The second-order valence-corrected chi connectivity index (χ2v) is 11.9. The number of amides is 4. The SMILES string of the molecule is CC1(C(=O)N2CCC(n3cc(Cc4cnc5c6c(cccc46)C(=O)N5C4CCC(=O)NC4=O)cn3)CC2)CCC1. The number of rotatable bonds is 5. The van der Waals surface area contributed by atoms with Crippen LogP contribution >= 0.6 is 0 Å². The van der Waals surface area contributed by atoms with Gasteiger partial charge in [0.1, 0.15) is 11.9 Å². The van der Waals surface area contributed by atoms with Crippen molar-refractivity contribution in [2.45, 2.75) is 70.4 Å². The maximum absolute atomic E-state index is 13.4. The number of imide groups is 1. The first-order valence-corrected chi connectivity index (χ1v) is 14.2. The van der Waals surface area contributed by atoms with Gasteiger partial charge in [-0.1, -0.05) is 25.5 Å². The lowest BCUT2D eigenvalue weighted by Crippen LogP contribution is -2.53. The van der Waals surface area contributed by atoms with Crippen molar-refractivity contribution in [3.63, 3.8) is 0 Å². The van der Waals surface area contributed by atoms with Crippen LogP contribution in [-0.4, -0.2) is 62.4 Å². The molecule has 1 saturated carbocycles. The second kappa shape index (κ2) is 9.25. The Morgan fingerprint density at radius 1 is 1.10 bits per heavy atom. The molecule has 1 N–H and O–H groups in total. The molecule has 1 atom stereocenters. The molecule has 5 heterocycles. The normalized spacial score (nSPS) is 22.5. The molecule has 10 nitrogen and oxygen atoms in total. The van der Waals surface area contributed by atoms with Crippen LogP contribution in [0.15, 0.2) is 36.8 Å². The monoisotopic (exact) mass is 540 g/mol. The van der Waals surface area contributed by atoms with Gasteiger partial charge in [0.25, 0.3) is 5.91 Å². The summed E-state index contributed by atoms with van der Waals surface area (Å²) in [5, 5.41) is 8.69. The standard InChI is InChI=1S/C30H32N6O4/c1-30(10-3-11-30)29(40)34-12-8-20(9-13-34)35-17-18(15-32-35)14-19-16-31-26-25-21(19)4-2-5-22(25)28(39)36(26)23-6-7-24(37)33-27(23)38/h2,4-5,15-17,20,23H,3,6-14H2,1H3,(H,33,37,38). The highest BCUT2D eigenvalue weighted by atomic mass is 16.2. The summed E-state index contributed by atoms with van der Waals surface area (Å²) < 4.78 is 2.03. The number of carbonyl (C=O) groups excluding carboxylic acids is 4. The minimum Gasteiger partial charge on any atom is -0.342 e. The maximum Gasteiger partial charge on any atom is 0.260 e. The van der Waals surface area contributed by atoms with E-state index in [1.165, 1.54) is 4.90 Å². The number of nitrogens with zero attached hydrogens (tertiary/aromatic N) is 5. The molecule has 0 bridgehead atoms. The third kappa shape index (κ3) is 3.91. The van der Waals surface area contributed by atoms with Crippen molar-refractivity contribution in [2.24, 2.45) is 5.41 Å². The van der Waals surface area contributed by atoms with E-state index in [1.807, 2.05) is 27.9 Å². The topological polar surface area (TPSA) is 118 Å². The smallest absolute Gasteiger partial charge is 0.260 e. The van der Waals surface area contributed by atoms with Gasteiger partial charge in [-0.3, -0.25) is 34.1 Å². The highest BCUT2D eigenvalue weighted by molar-refractivity contribution is 6.26. The van der Waals surface area contributed by atoms with Crippen LogP contribution in [0.2, 0.25) is 0 Å². The first kappa shape index (κ1) is 24.9. The predicted molar refractivity (Wildman–Crippen MR) is 147 cm³/mol. The van der Waals surface area contributed by atoms with Gasteiger partial charge >= 0.3 is 0 Å². The summed E-state index contributed by atoms with van der Waals surface area (Å²) in [6.07, 6.45) is 11.8. The molecule has 0 spiro atoms. The Hall–Kier alpha value is -4.08. The van der Waals surface area contributed by atoms with E-state index in [0.29, 0.717) is 23.7 Å². The lowest BCUT2D eigenvalue weighted by atomic mass is 9.69. The van der Waals surface area contributed by atoms with Crippen LogP contribution in [0.25, 0.3) is 10.8 Å². The van der Waals surface area contributed by atoms with Gasteiger partial charge in [-0.15, -0.1) is 0 Å². The summed E-state index contributed by atoms with van der Waals surface area (Å²) in [5.41, 5.74) is 2.41. The van der Waals surface area contributed by atoms with Gasteiger partial charge in [-0.05, 0) is 54.7 Å². The third-order valence-electron chi connectivity index (χ3n) is 9.32. The second-order valence-electron chi connectivity index (χ2n) is 11.9. The fourth-order valence-corrected chi connectivity index (χ4v) is 6.80. The number of likely N-dealkylation sites (tertiary alicyclic amines) is 1. The van der Waals surface area contributed by atoms with E-state index in [4.69, 9.17) is 0 Å². The number of aromatic nitrogens is 3. The van der Waals surface area contributed by atoms with Crippen LogP contribution in [0, 0.1) is 5.41 Å². The minimum atomic E-state index is -0.754. The minimum absolute atomic E-state index is 0.150. The molecule has 3 aliphatic heterocycles. The quantitative estimate of drug-likeness (QED) is 0.497. The van der Waals surface area contributed by atoms with Crippen LogP contribution in [0.5, 0.6) is 0 Å². The molecule has 4 amide bonds. The summed E-state index contributed by atoms with van der Waals surface area (Å²) in [6.45, 7) is 3.64. The van der Waals surface area contributed by atoms with Crippen LogP contribution in [0.1, 0.15) is 79.4 Å². The van der Waals surface area contributed by atoms with E-state index in [1.54, 1.807) is 12.3 Å². The Balaban J connectivity index is 1.09. The van der Waals surface area contributed by atoms with Crippen molar-refractivity contribution in [3.8, 4) is 0 Å². The Labute approximate surface area is 231 Å². The van der Waals surface area contributed by atoms with E-state index in [-0.39, 0.29) is 36.1 Å². The predicted octanol–water partition coefficient (Wildman–Crippen LogP) is 3.14. The van der Waals surface area contributed by atoms with Gasteiger partial charge < -0.3 is 4.90 Å². The molecule has 3 fully saturated rings. The van der Waals surface area contributed by atoms with Gasteiger partial charge in [0.2, 0.25) is 17.7 Å². The summed E-state index contributed by atoms with van der Waals surface area (Å²) in [6, 6.07) is 5.12. The highest BCUT2D eigenvalue weighted by Gasteiger charge is 2.43. The molecule has 2 aromatic heterocycles. The average molecular weight is 541 g/mol. The number of hydrogen-bond acceptors (Lipinski definition) is 6. The van der Waals surface area contributed by atoms with E-state index in [0.717, 1.165) is 67.1 Å². The van der Waals surface area contributed by atoms with E-state index < -0.39 is 11.9 Å². The molecule has 0 radical (unpaired) electrons. The number of carbonyl (C=O) groups is 4. The summed E-state index contributed by atoms with van der Waals surface area (Å²) >= 11 is 0. The van der Waals surface area contributed by atoms with E-state index in [2.05, 4.69) is 28.5 Å². The molecule has 1 aromatic carbocycles. The first-order chi connectivity index (χ1) is 19.3. The molecular weight excluding hydrogens is 508 g/mol. The van der Waals surface area contributed by atoms with Crippen LogP contribution in [0.4, 0.5) is 5.82 Å². The largest absolute Gasteiger partial charge is 0.342 e. The van der Waals surface area contributed by atoms with Crippen molar-refractivity contribution in [1.82, 2.24) is 25.0 Å². The molecular formula is C30H32N6O4. The van der Waals surface area contributed by atoms with E-state index in [9.17, 15) is 19.2 Å². The van der Waals surface area contributed by atoms with Crippen LogP contribution < -0.4 is 10.2 Å². The Kier molecular flexibility index (Phi) is 5.76. The molecule has 7 rings (SSSR count). The molecule has 4 aliphatic rings. The van der Waals surface area contributed by atoms with Crippen LogP contribution in [-0.2, 0) is 20.8 Å². The average Bonchev–Trinajstić information content (AvgIpc) is 3.52. The number of pyridine rings is 1. The highest BCUT2D eigenvalue weighted by Crippen LogP contribution is 2.43. The molecule has 10 heteroatoms. The fourth-order valence-electron chi connectivity index (χ4n) is 6.80. The number of benzene rings is 1. The zero-order valence-corrected chi connectivity index (χ0v) is 22.6. The van der Waals surface area contributed by atoms with Gasteiger partial charge in [-0.2, -0.15) is 5.10 Å². The number of nitrogens with one attached hydrogen (secondary N) is 1. The Morgan fingerprint density at radius 3 is 2.62 bits per heavy atom. The maximum atomic E-state index is 13.4. The lowest BCUT2D eigenvalue weighted by Gasteiger charge is -2.43. The fraction of sp³-hybridized carbons (Fsp3) is 0.467. The number of anilines is 1. The molecule has 2 saturated heterocycles. The van der Waals surface area contributed by atoms with E-state index >= 15 is 0 Å². The zero-order valence-electron chi connectivity index (χ0n) is 22.6. The third-order valence-corrected chi connectivity index (χ3v) is 9.32. The first-order valence-electron chi connectivity index (χ1n) is 14.2. The molecule has 1 unspecified atom stereocenters. The molecule has 3 aromatic rings. The molecule has 40 heavy (non-hydrogen) atoms. The van der Waals surface area contributed by atoms with Crippen molar-refractivity contribution >= 4 is 40.2 Å². The Morgan fingerprint density at radius 2 is 1.90 bits per heavy atom. The molecule has 1 aliphatic carbocycles. The summed E-state index contributed by atoms with van der Waals surface area (Å²) in [7, 11) is 0. The van der Waals surface area contributed by atoms with Crippen molar-refractivity contribution in [1.29, 1.82) is 0 Å². The summed E-state index contributed by atoms with van der Waals surface area (Å²) in [4.78, 5) is 58.7.